The maximum Gasteiger partial charge on any atom is 0.429 e. The average molecular weight is 396 g/mol. The van der Waals surface area contributed by atoms with Crippen molar-refractivity contribution in [1.29, 1.82) is 5.41 Å². The highest BCUT2D eigenvalue weighted by Gasteiger charge is 2.35. The van der Waals surface area contributed by atoms with Crippen molar-refractivity contribution in [3.05, 3.63) is 64.7 Å². The zero-order valence-corrected chi connectivity index (χ0v) is 15.2. The van der Waals surface area contributed by atoms with E-state index in [0.717, 1.165) is 0 Å². The molecule has 142 valence electrons. The molecule has 4 nitrogen and oxygen atoms in total. The molecule has 0 unspecified atom stereocenters. The Hall–Kier alpha value is -2.67. The first-order chi connectivity index (χ1) is 12.7. The number of para-hydroxylation sites is 1. The van der Waals surface area contributed by atoms with Gasteiger partial charge in [-0.05, 0) is 36.8 Å². The Kier molecular flexibility index (Phi) is 6.74. The summed E-state index contributed by atoms with van der Waals surface area (Å²) in [6, 6.07) is 12.5. The molecule has 2 N–H and O–H groups in total. The summed E-state index contributed by atoms with van der Waals surface area (Å²) in [7, 11) is 0. The number of rotatable bonds is 6. The van der Waals surface area contributed by atoms with Gasteiger partial charge in [0.15, 0.2) is 0 Å². The van der Waals surface area contributed by atoms with Crippen LogP contribution in [0.4, 0.5) is 18.9 Å². The summed E-state index contributed by atoms with van der Waals surface area (Å²) in [5, 5.41) is 10.2. The van der Waals surface area contributed by atoms with E-state index in [9.17, 15) is 18.0 Å². The number of aliphatic imine (C=N–C) groups is 1. The Bertz CT molecular complexity index is 861. The molecule has 27 heavy (non-hydrogen) atoms. The lowest BCUT2D eigenvalue weighted by molar-refractivity contribution is -0.0605. The van der Waals surface area contributed by atoms with Gasteiger partial charge in [-0.25, -0.2) is 0 Å². The molecule has 0 aliphatic heterocycles. The molecule has 0 spiro atoms. The Labute approximate surface area is 159 Å². The van der Waals surface area contributed by atoms with E-state index in [1.54, 1.807) is 31.2 Å². The Balaban J connectivity index is 2.42. The van der Waals surface area contributed by atoms with Crippen molar-refractivity contribution in [2.24, 2.45) is 4.99 Å². The molecule has 2 aromatic carbocycles. The summed E-state index contributed by atoms with van der Waals surface area (Å²) in [4.78, 5) is 16.1. The third-order valence-corrected chi connectivity index (χ3v) is 3.93. The summed E-state index contributed by atoms with van der Waals surface area (Å²) in [6.45, 7) is 2.24. The standard InChI is InChI=1S/C19H17ClF3N3O/c1-2-25-18(27)13-9-7-12(8-10-13)16(11-17(24)19(21,22)23)26-15-6-4-3-5-14(15)20/h3-10,24H,2,11H2,1H3,(H,25,27). The molecular weight excluding hydrogens is 379 g/mol. The first kappa shape index (κ1) is 20.6. The van der Waals surface area contributed by atoms with Crippen LogP contribution >= 0.6 is 11.6 Å². The van der Waals surface area contributed by atoms with Gasteiger partial charge >= 0.3 is 6.18 Å². The maximum atomic E-state index is 12.8. The van der Waals surface area contributed by atoms with Gasteiger partial charge in [-0.3, -0.25) is 9.79 Å². The molecule has 0 saturated heterocycles. The van der Waals surface area contributed by atoms with E-state index in [1.807, 2.05) is 0 Å². The highest BCUT2D eigenvalue weighted by molar-refractivity contribution is 6.33. The molecule has 0 atom stereocenters. The van der Waals surface area contributed by atoms with E-state index >= 15 is 0 Å². The molecule has 0 saturated carbocycles. The number of hydrogen-bond donors (Lipinski definition) is 2. The van der Waals surface area contributed by atoms with Crippen molar-refractivity contribution in [3.8, 4) is 0 Å². The summed E-state index contributed by atoms with van der Waals surface area (Å²) in [5.74, 6) is -0.281. The Morgan fingerprint density at radius 1 is 1.11 bits per heavy atom. The predicted molar refractivity (Wildman–Crippen MR) is 100 cm³/mol. The molecule has 8 heteroatoms. The van der Waals surface area contributed by atoms with Crippen LogP contribution in [0.5, 0.6) is 0 Å². The van der Waals surface area contributed by atoms with Gasteiger partial charge in [-0.1, -0.05) is 35.9 Å². The summed E-state index contributed by atoms with van der Waals surface area (Å²) in [6.07, 6.45) is -5.46. The second-order valence-electron chi connectivity index (χ2n) is 5.60. The fraction of sp³-hybridized carbons (Fsp3) is 0.211. The van der Waals surface area contributed by atoms with Crippen LogP contribution in [0.1, 0.15) is 29.3 Å². The fourth-order valence-electron chi connectivity index (χ4n) is 2.24. The summed E-state index contributed by atoms with van der Waals surface area (Å²) < 4.78 is 38.5. The van der Waals surface area contributed by atoms with Crippen LogP contribution in [0, 0.1) is 5.41 Å². The zero-order chi connectivity index (χ0) is 20.0. The van der Waals surface area contributed by atoms with Crippen LogP contribution < -0.4 is 5.32 Å². The smallest absolute Gasteiger partial charge is 0.352 e. The summed E-state index contributed by atoms with van der Waals surface area (Å²) >= 11 is 6.05. The Morgan fingerprint density at radius 3 is 2.26 bits per heavy atom. The largest absolute Gasteiger partial charge is 0.429 e. The van der Waals surface area contributed by atoms with Gasteiger partial charge in [-0.2, -0.15) is 13.2 Å². The lowest BCUT2D eigenvalue weighted by Gasteiger charge is -2.12. The van der Waals surface area contributed by atoms with Gasteiger partial charge in [0.1, 0.15) is 5.71 Å². The van der Waals surface area contributed by atoms with Gasteiger partial charge in [0.2, 0.25) is 0 Å². The minimum absolute atomic E-state index is 0.0351. The topological polar surface area (TPSA) is 65.3 Å². The number of halogens is 4. The first-order valence-electron chi connectivity index (χ1n) is 8.07. The third kappa shape index (κ3) is 5.65. The molecule has 1 amide bonds. The molecule has 0 heterocycles. The zero-order valence-electron chi connectivity index (χ0n) is 14.4. The monoisotopic (exact) mass is 395 g/mol. The number of alkyl halides is 3. The lowest BCUT2D eigenvalue weighted by atomic mass is 10.0. The number of hydrogen-bond acceptors (Lipinski definition) is 3. The third-order valence-electron chi connectivity index (χ3n) is 3.61. The molecule has 0 aromatic heterocycles. The summed E-state index contributed by atoms with van der Waals surface area (Å²) in [5.41, 5.74) is -0.327. The quantitative estimate of drug-likeness (QED) is 0.650. The molecule has 0 aliphatic rings. The SMILES string of the molecule is CCNC(=O)c1ccc(C(CC(=N)C(F)(F)F)=Nc2ccccc2Cl)cc1. The minimum atomic E-state index is -4.75. The van der Waals surface area contributed by atoms with Crippen molar-refractivity contribution in [3.63, 3.8) is 0 Å². The number of benzene rings is 2. The van der Waals surface area contributed by atoms with E-state index in [0.29, 0.717) is 23.4 Å². The minimum Gasteiger partial charge on any atom is -0.352 e. The van der Waals surface area contributed by atoms with E-state index in [1.165, 1.54) is 24.3 Å². The van der Waals surface area contributed by atoms with Crippen LogP contribution in [0.2, 0.25) is 5.02 Å². The second kappa shape index (κ2) is 8.81. The first-order valence-corrected chi connectivity index (χ1v) is 8.45. The number of carbonyl (C=O) groups excluding carboxylic acids is 1. The molecule has 0 fully saturated rings. The fourth-order valence-corrected chi connectivity index (χ4v) is 2.42. The Morgan fingerprint density at radius 2 is 1.70 bits per heavy atom. The van der Waals surface area contributed by atoms with Gasteiger partial charge in [0, 0.05) is 18.5 Å². The van der Waals surface area contributed by atoms with E-state index in [-0.39, 0.29) is 16.6 Å². The van der Waals surface area contributed by atoms with Gasteiger partial charge in [-0.15, -0.1) is 0 Å². The normalized spacial score (nSPS) is 12.0. The molecule has 2 rings (SSSR count). The van der Waals surface area contributed by atoms with Gasteiger partial charge < -0.3 is 10.7 Å². The number of nitrogens with one attached hydrogen (secondary N) is 2. The van der Waals surface area contributed by atoms with E-state index in [4.69, 9.17) is 17.0 Å². The van der Waals surface area contributed by atoms with Crippen molar-refractivity contribution in [1.82, 2.24) is 5.32 Å². The van der Waals surface area contributed by atoms with Crippen molar-refractivity contribution in [2.75, 3.05) is 6.54 Å². The second-order valence-corrected chi connectivity index (χ2v) is 6.01. The van der Waals surface area contributed by atoms with Gasteiger partial charge in [0.05, 0.1) is 16.4 Å². The lowest BCUT2D eigenvalue weighted by Crippen LogP contribution is -2.25. The van der Waals surface area contributed by atoms with Crippen LogP contribution in [0.15, 0.2) is 53.5 Å². The van der Waals surface area contributed by atoms with Crippen LogP contribution in [-0.2, 0) is 0 Å². The number of nitrogens with zero attached hydrogens (tertiary/aromatic N) is 1. The van der Waals surface area contributed by atoms with E-state index < -0.39 is 18.3 Å². The molecule has 2 aromatic rings. The predicted octanol–water partition coefficient (Wildman–Crippen LogP) is 5.18. The highest BCUT2D eigenvalue weighted by Crippen LogP contribution is 2.27. The van der Waals surface area contributed by atoms with Crippen molar-refractivity contribution < 1.29 is 18.0 Å². The highest BCUT2D eigenvalue weighted by atomic mass is 35.5. The number of amides is 1. The molecule has 0 aliphatic carbocycles. The average Bonchev–Trinajstić information content (AvgIpc) is 2.62. The number of carbonyl (C=O) groups is 1. The van der Waals surface area contributed by atoms with E-state index in [2.05, 4.69) is 10.3 Å². The van der Waals surface area contributed by atoms with Crippen LogP contribution in [0.3, 0.4) is 0 Å². The molecular formula is C19H17ClF3N3O. The van der Waals surface area contributed by atoms with Crippen molar-refractivity contribution in [2.45, 2.75) is 19.5 Å². The maximum absolute atomic E-state index is 12.8. The molecule has 0 radical (unpaired) electrons. The van der Waals surface area contributed by atoms with Crippen molar-refractivity contribution >= 4 is 34.6 Å². The van der Waals surface area contributed by atoms with Crippen LogP contribution in [-0.4, -0.2) is 30.1 Å². The van der Waals surface area contributed by atoms with Crippen LogP contribution in [0.25, 0.3) is 0 Å². The van der Waals surface area contributed by atoms with Gasteiger partial charge in [0.25, 0.3) is 5.91 Å². The molecule has 0 bridgehead atoms.